The van der Waals surface area contributed by atoms with E-state index in [0.29, 0.717) is 54.2 Å². The number of ether oxygens (including phenoxy) is 1. The maximum absolute atomic E-state index is 15.1. The number of benzene rings is 3. The number of alkyl halides is 3. The molecule has 0 spiro atoms. The molecule has 3 fully saturated rings. The van der Waals surface area contributed by atoms with E-state index < -0.39 is 62.2 Å². The van der Waals surface area contributed by atoms with Crippen LogP contribution in [0.3, 0.4) is 0 Å². The summed E-state index contributed by atoms with van der Waals surface area (Å²) >= 11 is 0. The molecule has 5 atom stereocenters. The lowest BCUT2D eigenvalue weighted by Gasteiger charge is -2.29. The first-order valence-corrected chi connectivity index (χ1v) is 24.8. The number of carbonyl (C=O) groups is 4. The highest BCUT2D eigenvalue weighted by molar-refractivity contribution is 7.90. The summed E-state index contributed by atoms with van der Waals surface area (Å²) < 4.78 is 81.9. The second kappa shape index (κ2) is 18.3. The SMILES string of the molecule is CC(C)CC(=O)c1ccc(C[C@H]2CCCCC/C=C\[C@@H]3C[C@@]3(C(=O)NS(=O)(=O)C3CC3)CC(=O)[C@@H]3C[C@@H](Oc4nc(-c5ccc(C(F)(F)F)cc5)nc5c4oc4ccccc45)CN3C2=O)cc1. The molecule has 67 heavy (non-hydrogen) atoms. The van der Waals surface area contributed by atoms with Crippen molar-refractivity contribution in [2.45, 2.75) is 114 Å². The van der Waals surface area contributed by atoms with E-state index in [9.17, 15) is 36.0 Å². The van der Waals surface area contributed by atoms with Gasteiger partial charge in [-0.1, -0.05) is 87.4 Å². The van der Waals surface area contributed by atoms with Crippen molar-refractivity contribution in [3.63, 3.8) is 0 Å². The number of nitrogens with one attached hydrogen (secondary N) is 1. The average molecular weight is 939 g/mol. The van der Waals surface area contributed by atoms with Crippen LogP contribution in [-0.2, 0) is 37.0 Å². The van der Waals surface area contributed by atoms with Crippen LogP contribution < -0.4 is 9.46 Å². The molecule has 0 bridgehead atoms. The summed E-state index contributed by atoms with van der Waals surface area (Å²) in [6.07, 6.45) is 3.79. The molecule has 2 saturated carbocycles. The predicted octanol–water partition coefficient (Wildman–Crippen LogP) is 9.59. The Balaban J connectivity index is 1.06. The Bertz CT molecular complexity index is 2860. The van der Waals surface area contributed by atoms with E-state index in [2.05, 4.69) is 9.71 Å². The van der Waals surface area contributed by atoms with Gasteiger partial charge in [0, 0.05) is 41.7 Å². The van der Waals surface area contributed by atoms with Crippen molar-refractivity contribution in [1.82, 2.24) is 19.6 Å². The molecule has 3 aromatic carbocycles. The number of hydrogen-bond donors (Lipinski definition) is 1. The fourth-order valence-electron chi connectivity index (χ4n) is 9.66. The summed E-state index contributed by atoms with van der Waals surface area (Å²) in [6.45, 7) is 3.92. The van der Waals surface area contributed by atoms with E-state index in [-0.39, 0.29) is 72.2 Å². The van der Waals surface area contributed by atoms with E-state index in [1.54, 1.807) is 36.4 Å². The number of nitrogens with zero attached hydrogens (tertiary/aromatic N) is 3. The van der Waals surface area contributed by atoms with Gasteiger partial charge in [0.25, 0.3) is 5.88 Å². The zero-order chi connectivity index (χ0) is 47.3. The number of Topliss-reactive ketones (excluding diaryl/α,β-unsaturated/α-hetero) is 2. The monoisotopic (exact) mass is 938 g/mol. The Morgan fingerprint density at radius 3 is 2.42 bits per heavy atom. The van der Waals surface area contributed by atoms with Crippen molar-refractivity contribution in [3.05, 3.63) is 102 Å². The zero-order valence-electron chi connectivity index (χ0n) is 37.4. The van der Waals surface area contributed by atoms with Crippen LogP contribution in [0.15, 0.2) is 89.4 Å². The maximum atomic E-state index is 15.1. The second-order valence-electron chi connectivity index (χ2n) is 19.2. The van der Waals surface area contributed by atoms with Gasteiger partial charge in [0.2, 0.25) is 27.4 Å². The Labute approximate surface area is 386 Å². The molecule has 12 nitrogen and oxygen atoms in total. The zero-order valence-corrected chi connectivity index (χ0v) is 38.2. The second-order valence-corrected chi connectivity index (χ2v) is 21.1. The van der Waals surface area contributed by atoms with Crippen molar-refractivity contribution in [2.75, 3.05) is 6.54 Å². The van der Waals surface area contributed by atoms with Crippen LogP contribution in [0.1, 0.15) is 106 Å². The number of allylic oxidation sites excluding steroid dienone is 2. The molecule has 0 unspecified atom stereocenters. The van der Waals surface area contributed by atoms with Crippen molar-refractivity contribution >= 4 is 55.5 Å². The van der Waals surface area contributed by atoms with Crippen molar-refractivity contribution in [2.24, 2.45) is 23.2 Å². The molecule has 2 amide bonds. The Morgan fingerprint density at radius 1 is 0.955 bits per heavy atom. The topological polar surface area (TPSA) is 166 Å². The lowest BCUT2D eigenvalue weighted by Crippen LogP contribution is -2.46. The van der Waals surface area contributed by atoms with Gasteiger partial charge in [-0.3, -0.25) is 23.9 Å². The summed E-state index contributed by atoms with van der Waals surface area (Å²) in [6, 6.07) is 17.8. The van der Waals surface area contributed by atoms with Gasteiger partial charge >= 0.3 is 6.18 Å². The third-order valence-corrected chi connectivity index (χ3v) is 15.4. The minimum atomic E-state index is -4.56. The number of sulfonamides is 1. The standard InChI is InChI=1S/C51H53F3N4O8S/c1-30(2)24-41(59)32-16-14-31(15-17-32)25-34-10-6-4-3-5-7-11-36-27-50(36,49(62)57-67(63,64)38-22-23-38)28-42(60)40-26-37(29-58(40)48(34)61)65-47-45-44(39-12-8-9-13-43(39)66-45)55-46(56-47)33-18-20-35(21-19-33)51(52,53)54/h7-9,11-21,30,34,36-38,40H,3-6,10,22-29H2,1-2H3,(H,57,62)/b11-7-/t34-,36-,37-,40+,50-/m1/s1. The van der Waals surface area contributed by atoms with Gasteiger partial charge < -0.3 is 14.1 Å². The van der Waals surface area contributed by atoms with E-state index in [1.807, 2.05) is 38.1 Å². The maximum Gasteiger partial charge on any atom is 0.416 e. The minimum absolute atomic E-state index is 0.00384. The molecular weight excluding hydrogens is 886 g/mol. The van der Waals surface area contributed by atoms with Gasteiger partial charge in [-0.15, -0.1) is 0 Å². The molecule has 352 valence electrons. The van der Waals surface area contributed by atoms with Gasteiger partial charge in [0.05, 0.1) is 28.8 Å². The van der Waals surface area contributed by atoms with Crippen molar-refractivity contribution in [1.29, 1.82) is 0 Å². The number of aromatic nitrogens is 2. The number of ketones is 2. The van der Waals surface area contributed by atoms with Gasteiger partial charge in [-0.05, 0) is 86.6 Å². The molecule has 2 aromatic heterocycles. The number of rotatable bonds is 11. The lowest BCUT2D eigenvalue weighted by molar-refractivity contribution is -0.142. The molecule has 1 saturated heterocycles. The van der Waals surface area contributed by atoms with E-state index in [0.717, 1.165) is 43.4 Å². The number of carbonyl (C=O) groups excluding carboxylic acids is 4. The average Bonchev–Trinajstić information content (AvgIpc) is 4.19. The number of furan rings is 1. The number of para-hydroxylation sites is 1. The Morgan fingerprint density at radius 2 is 1.70 bits per heavy atom. The van der Waals surface area contributed by atoms with Crippen molar-refractivity contribution in [3.8, 4) is 17.3 Å². The van der Waals surface area contributed by atoms with Crippen LogP contribution in [0.5, 0.6) is 5.88 Å². The van der Waals surface area contributed by atoms with Gasteiger partial charge in [0.15, 0.2) is 17.4 Å². The summed E-state index contributed by atoms with van der Waals surface area (Å²) in [5.41, 5.74) is 0.572. The quantitative estimate of drug-likeness (QED) is 0.0996. The van der Waals surface area contributed by atoms with Gasteiger partial charge in [0.1, 0.15) is 17.2 Å². The van der Waals surface area contributed by atoms with Crippen LogP contribution in [0.25, 0.3) is 33.5 Å². The largest absolute Gasteiger partial charge is 0.470 e. The van der Waals surface area contributed by atoms with Crippen LogP contribution in [-0.4, -0.2) is 70.6 Å². The smallest absolute Gasteiger partial charge is 0.416 e. The molecular formula is C51H53F3N4O8S. The predicted molar refractivity (Wildman–Crippen MR) is 244 cm³/mol. The highest BCUT2D eigenvalue weighted by Crippen LogP contribution is 2.57. The summed E-state index contributed by atoms with van der Waals surface area (Å²) in [5, 5.41) is -0.0318. The molecule has 1 N–H and O–H groups in total. The highest BCUT2D eigenvalue weighted by Gasteiger charge is 2.61. The molecule has 5 aromatic rings. The first-order valence-electron chi connectivity index (χ1n) is 23.2. The Kier molecular flexibility index (Phi) is 12.6. The van der Waals surface area contributed by atoms with Crippen molar-refractivity contribution < 1.29 is 49.9 Å². The molecule has 4 heterocycles. The van der Waals surface area contributed by atoms with Gasteiger partial charge in [-0.25, -0.2) is 13.4 Å². The Hall–Kier alpha value is -5.90. The minimum Gasteiger partial charge on any atom is -0.470 e. The number of fused-ring (bicyclic) bond motifs is 5. The normalized spacial score (nSPS) is 24.5. The fourth-order valence-corrected chi connectivity index (χ4v) is 11.0. The lowest BCUT2D eigenvalue weighted by atomic mass is 9.89. The first kappa shape index (κ1) is 46.2. The molecule has 16 heteroatoms. The fraction of sp³-hybridized carbons (Fsp3) is 0.451. The molecule has 2 aliphatic carbocycles. The number of amides is 2. The number of halogens is 3. The van der Waals surface area contributed by atoms with E-state index >= 15 is 4.79 Å². The third kappa shape index (κ3) is 9.91. The summed E-state index contributed by atoms with van der Waals surface area (Å²) in [5.74, 6) is -2.05. The molecule has 9 rings (SSSR count). The third-order valence-electron chi connectivity index (χ3n) is 13.6. The summed E-state index contributed by atoms with van der Waals surface area (Å²) in [7, 11) is -3.92. The van der Waals surface area contributed by atoms with Crippen LogP contribution in [0.4, 0.5) is 13.2 Å². The summed E-state index contributed by atoms with van der Waals surface area (Å²) in [4.78, 5) is 67.8. The first-order chi connectivity index (χ1) is 32.0. The van der Waals surface area contributed by atoms with E-state index in [4.69, 9.17) is 14.1 Å². The van der Waals surface area contributed by atoms with Gasteiger partial charge in [-0.2, -0.15) is 18.2 Å². The van der Waals surface area contributed by atoms with E-state index in [1.165, 1.54) is 17.0 Å². The molecule has 2 aliphatic heterocycles. The van der Waals surface area contributed by atoms with Crippen LogP contribution in [0.2, 0.25) is 0 Å². The number of hydrogen-bond acceptors (Lipinski definition) is 10. The van der Waals surface area contributed by atoms with Crippen LogP contribution in [0, 0.1) is 23.2 Å². The highest BCUT2D eigenvalue weighted by atomic mass is 32.2. The van der Waals surface area contributed by atoms with Crippen LogP contribution >= 0.6 is 0 Å². The molecule has 4 aliphatic rings. The molecule has 0 radical (unpaired) electrons.